The van der Waals surface area contributed by atoms with Gasteiger partial charge < -0.3 is 9.47 Å². The second-order valence-electron chi connectivity index (χ2n) is 4.21. The molecule has 0 radical (unpaired) electrons. The number of halogens is 1. The van der Waals surface area contributed by atoms with Crippen LogP contribution >= 0.6 is 11.6 Å². The van der Waals surface area contributed by atoms with Crippen LogP contribution in [0.15, 0.2) is 24.3 Å². The predicted octanol–water partition coefficient (Wildman–Crippen LogP) is 3.43. The monoisotopic (exact) mass is 298 g/mol. The van der Waals surface area contributed by atoms with Crippen LogP contribution in [-0.4, -0.2) is 31.0 Å². The lowest BCUT2D eigenvalue weighted by Crippen LogP contribution is -2.15. The van der Waals surface area contributed by atoms with E-state index in [1.165, 1.54) is 0 Å². The zero-order valence-electron chi connectivity index (χ0n) is 11.6. The minimum absolute atomic E-state index is 0.111. The highest BCUT2D eigenvalue weighted by Gasteiger charge is 2.18. The van der Waals surface area contributed by atoms with Gasteiger partial charge >= 0.3 is 11.9 Å². The zero-order chi connectivity index (χ0) is 14.8. The third-order valence-electron chi connectivity index (χ3n) is 2.66. The summed E-state index contributed by atoms with van der Waals surface area (Å²) in [6, 6.07) is 6.45. The number of carbonyl (C=O) groups excluding carboxylic acids is 2. The van der Waals surface area contributed by atoms with E-state index in [2.05, 4.69) is 6.92 Å². The predicted molar refractivity (Wildman–Crippen MR) is 77.3 cm³/mol. The maximum absolute atomic E-state index is 12.0. The van der Waals surface area contributed by atoms with Gasteiger partial charge in [0.25, 0.3) is 0 Å². The summed E-state index contributed by atoms with van der Waals surface area (Å²) >= 11 is 5.46. The van der Waals surface area contributed by atoms with Crippen LogP contribution in [0, 0.1) is 0 Å². The molecule has 0 fully saturated rings. The molecule has 110 valence electrons. The molecule has 0 aliphatic carbocycles. The molecular formula is C15H19ClO4. The van der Waals surface area contributed by atoms with Crippen LogP contribution in [0.5, 0.6) is 0 Å². The Balaban J connectivity index is 2.69. The molecule has 0 aromatic heterocycles. The summed E-state index contributed by atoms with van der Waals surface area (Å²) in [7, 11) is 0. The average molecular weight is 299 g/mol. The van der Waals surface area contributed by atoms with E-state index in [1.807, 2.05) is 0 Å². The number of rotatable bonds is 8. The third-order valence-corrected chi connectivity index (χ3v) is 2.81. The Kier molecular flexibility index (Phi) is 7.73. The summed E-state index contributed by atoms with van der Waals surface area (Å²) < 4.78 is 10.1. The van der Waals surface area contributed by atoms with Crippen molar-refractivity contribution >= 4 is 23.5 Å². The van der Waals surface area contributed by atoms with Gasteiger partial charge in [-0.2, -0.15) is 0 Å². The lowest BCUT2D eigenvalue weighted by atomic mass is 10.1. The summed E-state index contributed by atoms with van der Waals surface area (Å²) in [5, 5.41) is 0. The van der Waals surface area contributed by atoms with E-state index >= 15 is 0 Å². The first-order chi connectivity index (χ1) is 9.70. The highest BCUT2D eigenvalue weighted by molar-refractivity contribution is 6.18. The summed E-state index contributed by atoms with van der Waals surface area (Å²) in [6.07, 6.45) is 2.88. The third kappa shape index (κ3) is 5.21. The smallest absolute Gasteiger partial charge is 0.339 e. The number of unbranched alkanes of at least 4 members (excludes halogenated alkanes) is 2. The fourth-order valence-electron chi connectivity index (χ4n) is 1.64. The van der Waals surface area contributed by atoms with Gasteiger partial charge in [-0.1, -0.05) is 31.9 Å². The lowest BCUT2D eigenvalue weighted by molar-refractivity contribution is 0.0464. The molecule has 0 aliphatic heterocycles. The van der Waals surface area contributed by atoms with Gasteiger partial charge in [0.2, 0.25) is 0 Å². The summed E-state index contributed by atoms with van der Waals surface area (Å²) in [6.45, 7) is 2.54. The summed E-state index contributed by atoms with van der Waals surface area (Å²) in [5.74, 6) is -0.846. The van der Waals surface area contributed by atoms with Crippen molar-refractivity contribution in [2.24, 2.45) is 0 Å². The van der Waals surface area contributed by atoms with Gasteiger partial charge in [0.1, 0.15) is 6.61 Å². The van der Waals surface area contributed by atoms with E-state index in [4.69, 9.17) is 21.1 Å². The quantitative estimate of drug-likeness (QED) is 0.419. The van der Waals surface area contributed by atoms with Crippen molar-refractivity contribution < 1.29 is 19.1 Å². The maximum atomic E-state index is 12.0. The fourth-order valence-corrected chi connectivity index (χ4v) is 1.72. The molecule has 4 nitrogen and oxygen atoms in total. The van der Waals surface area contributed by atoms with Crippen molar-refractivity contribution in [2.75, 3.05) is 19.1 Å². The molecule has 0 N–H and O–H groups in total. The number of hydrogen-bond acceptors (Lipinski definition) is 4. The van der Waals surface area contributed by atoms with Crippen molar-refractivity contribution in [1.29, 1.82) is 0 Å². The molecule has 0 bridgehead atoms. The standard InChI is InChI=1S/C15H19ClO4/c1-2-3-6-10-19-14(17)12-7-4-5-8-13(12)15(18)20-11-9-16/h4-5,7-8H,2-3,6,9-11H2,1H3. The summed E-state index contributed by atoms with van der Waals surface area (Å²) in [4.78, 5) is 23.8. The maximum Gasteiger partial charge on any atom is 0.339 e. The molecule has 0 unspecified atom stereocenters. The van der Waals surface area contributed by atoms with E-state index in [1.54, 1.807) is 24.3 Å². The molecule has 0 amide bonds. The van der Waals surface area contributed by atoms with E-state index in [0.29, 0.717) is 6.61 Å². The van der Waals surface area contributed by atoms with Crippen LogP contribution in [-0.2, 0) is 9.47 Å². The molecule has 0 saturated carbocycles. The van der Waals surface area contributed by atoms with Gasteiger partial charge in [0, 0.05) is 0 Å². The zero-order valence-corrected chi connectivity index (χ0v) is 12.3. The Morgan fingerprint density at radius 2 is 1.55 bits per heavy atom. The van der Waals surface area contributed by atoms with Gasteiger partial charge in [0.15, 0.2) is 0 Å². The highest BCUT2D eigenvalue weighted by Crippen LogP contribution is 2.12. The van der Waals surface area contributed by atoms with Gasteiger partial charge in [-0.15, -0.1) is 11.6 Å². The first-order valence-corrected chi connectivity index (χ1v) is 7.23. The average Bonchev–Trinajstić information content (AvgIpc) is 2.49. The van der Waals surface area contributed by atoms with Gasteiger partial charge in [0.05, 0.1) is 23.6 Å². The minimum Gasteiger partial charge on any atom is -0.462 e. The second-order valence-corrected chi connectivity index (χ2v) is 4.59. The normalized spacial score (nSPS) is 10.1. The first-order valence-electron chi connectivity index (χ1n) is 6.70. The van der Waals surface area contributed by atoms with Gasteiger partial charge in [-0.3, -0.25) is 0 Å². The summed E-state index contributed by atoms with van der Waals surface area (Å²) in [5.41, 5.74) is 0.432. The van der Waals surface area contributed by atoms with Crippen molar-refractivity contribution in [2.45, 2.75) is 26.2 Å². The van der Waals surface area contributed by atoms with Crippen LogP contribution in [0.1, 0.15) is 46.9 Å². The van der Waals surface area contributed by atoms with Gasteiger partial charge in [-0.25, -0.2) is 9.59 Å². The second kappa shape index (κ2) is 9.37. The molecule has 0 atom stereocenters. The van der Waals surface area contributed by atoms with Crippen LogP contribution in [0.25, 0.3) is 0 Å². The SMILES string of the molecule is CCCCCOC(=O)c1ccccc1C(=O)OCCCl. The fraction of sp³-hybridized carbons (Fsp3) is 0.467. The number of hydrogen-bond donors (Lipinski definition) is 0. The van der Waals surface area contributed by atoms with Crippen molar-refractivity contribution in [3.05, 3.63) is 35.4 Å². The molecule has 20 heavy (non-hydrogen) atoms. The van der Waals surface area contributed by atoms with Crippen LogP contribution in [0.2, 0.25) is 0 Å². The van der Waals surface area contributed by atoms with Crippen molar-refractivity contribution in [3.8, 4) is 0 Å². The minimum atomic E-state index is -0.563. The van der Waals surface area contributed by atoms with Crippen LogP contribution in [0.3, 0.4) is 0 Å². The number of carbonyl (C=O) groups is 2. The Morgan fingerprint density at radius 3 is 2.05 bits per heavy atom. The molecule has 1 aromatic rings. The molecule has 0 aliphatic rings. The Hall–Kier alpha value is -1.55. The molecule has 1 rings (SSSR count). The molecule has 1 aromatic carbocycles. The molecule has 5 heteroatoms. The Morgan fingerprint density at radius 1 is 1.00 bits per heavy atom. The lowest BCUT2D eigenvalue weighted by Gasteiger charge is -2.09. The molecule has 0 heterocycles. The van der Waals surface area contributed by atoms with E-state index in [0.717, 1.165) is 19.3 Å². The molecule has 0 spiro atoms. The first kappa shape index (κ1) is 16.5. The number of benzene rings is 1. The van der Waals surface area contributed by atoms with E-state index in [9.17, 15) is 9.59 Å². The topological polar surface area (TPSA) is 52.6 Å². The molecular weight excluding hydrogens is 280 g/mol. The number of ether oxygens (including phenoxy) is 2. The number of alkyl halides is 1. The highest BCUT2D eigenvalue weighted by atomic mass is 35.5. The Bertz CT molecular complexity index is 445. The van der Waals surface area contributed by atoms with Crippen molar-refractivity contribution in [3.63, 3.8) is 0 Å². The van der Waals surface area contributed by atoms with E-state index < -0.39 is 11.9 Å². The number of esters is 2. The van der Waals surface area contributed by atoms with Crippen LogP contribution in [0.4, 0.5) is 0 Å². The Labute approximate surface area is 124 Å². The molecule has 0 saturated heterocycles. The van der Waals surface area contributed by atoms with E-state index in [-0.39, 0.29) is 23.6 Å². The van der Waals surface area contributed by atoms with Gasteiger partial charge in [-0.05, 0) is 18.6 Å². The van der Waals surface area contributed by atoms with Crippen molar-refractivity contribution in [1.82, 2.24) is 0 Å². The largest absolute Gasteiger partial charge is 0.462 e. The van der Waals surface area contributed by atoms with Crippen LogP contribution < -0.4 is 0 Å².